The molecule has 27 heavy (non-hydrogen) atoms. The molecule has 1 aliphatic rings. The summed E-state index contributed by atoms with van der Waals surface area (Å²) in [6, 6.07) is 21.2. The number of hydrogen-bond acceptors (Lipinski definition) is 4. The molecule has 0 saturated carbocycles. The van der Waals surface area contributed by atoms with E-state index in [1.165, 1.54) is 10.8 Å². The maximum atomic E-state index is 12.5. The van der Waals surface area contributed by atoms with Gasteiger partial charge in [-0.15, -0.1) is 0 Å². The zero-order valence-corrected chi connectivity index (χ0v) is 16.0. The first-order chi connectivity index (χ1) is 13.0. The lowest BCUT2D eigenvalue weighted by atomic mass is 9.95. The minimum Gasteiger partial charge on any atom is -0.373 e. The van der Waals surface area contributed by atoms with E-state index in [9.17, 15) is 8.42 Å². The summed E-state index contributed by atoms with van der Waals surface area (Å²) in [6.07, 6.45) is 0.781. The molecular formula is C22H22O4S. The fourth-order valence-electron chi connectivity index (χ4n) is 3.24. The second kappa shape index (κ2) is 7.43. The van der Waals surface area contributed by atoms with E-state index < -0.39 is 10.1 Å². The number of benzene rings is 3. The lowest BCUT2D eigenvalue weighted by Crippen LogP contribution is -2.21. The Kier molecular flexibility index (Phi) is 5.00. The van der Waals surface area contributed by atoms with E-state index in [2.05, 4.69) is 30.3 Å². The first kappa shape index (κ1) is 18.2. The van der Waals surface area contributed by atoms with Gasteiger partial charge < -0.3 is 4.74 Å². The predicted molar refractivity (Wildman–Crippen MR) is 105 cm³/mol. The molecule has 0 radical (unpaired) electrons. The first-order valence-electron chi connectivity index (χ1n) is 9.07. The van der Waals surface area contributed by atoms with E-state index >= 15 is 0 Å². The smallest absolute Gasteiger partial charge is 0.296 e. The molecule has 0 aliphatic carbocycles. The van der Waals surface area contributed by atoms with Gasteiger partial charge in [0.25, 0.3) is 10.1 Å². The predicted octanol–water partition coefficient (Wildman–Crippen LogP) is 4.11. The topological polar surface area (TPSA) is 55.9 Å². The highest BCUT2D eigenvalue weighted by atomic mass is 32.2. The van der Waals surface area contributed by atoms with Crippen LogP contribution in [0, 0.1) is 12.8 Å². The van der Waals surface area contributed by atoms with E-state index in [0.29, 0.717) is 6.61 Å². The van der Waals surface area contributed by atoms with Crippen LogP contribution in [-0.2, 0) is 25.5 Å². The normalized spacial score (nSPS) is 17.7. The van der Waals surface area contributed by atoms with Gasteiger partial charge in [-0.05, 0) is 41.8 Å². The van der Waals surface area contributed by atoms with Crippen LogP contribution in [0.4, 0.5) is 0 Å². The van der Waals surface area contributed by atoms with Crippen molar-refractivity contribution in [2.45, 2.75) is 24.3 Å². The standard InChI is InChI=1S/C22H22O4S/c1-16-6-10-21(11-7-16)27(23,24)26-14-20(22-15-25-22)13-17-8-9-18-4-2-3-5-19(18)12-17/h2-12,20,22H,13-15H2,1H3/t20-,22-/m0/s1. The van der Waals surface area contributed by atoms with Crippen molar-refractivity contribution in [3.8, 4) is 0 Å². The van der Waals surface area contributed by atoms with Gasteiger partial charge in [0.05, 0.1) is 24.2 Å². The third kappa shape index (κ3) is 4.38. The van der Waals surface area contributed by atoms with Crippen LogP contribution < -0.4 is 0 Å². The second-order valence-electron chi connectivity index (χ2n) is 7.07. The van der Waals surface area contributed by atoms with E-state index in [0.717, 1.165) is 17.5 Å². The molecule has 0 bridgehead atoms. The molecule has 3 aromatic rings. The zero-order valence-electron chi connectivity index (χ0n) is 15.2. The van der Waals surface area contributed by atoms with Gasteiger partial charge in [-0.25, -0.2) is 0 Å². The van der Waals surface area contributed by atoms with E-state index in [1.807, 2.05) is 19.1 Å². The van der Waals surface area contributed by atoms with Crippen LogP contribution in [0.3, 0.4) is 0 Å². The van der Waals surface area contributed by atoms with Gasteiger partial charge in [0.15, 0.2) is 0 Å². The summed E-state index contributed by atoms with van der Waals surface area (Å²) in [5, 5.41) is 2.37. The Labute approximate surface area is 159 Å². The third-order valence-electron chi connectivity index (χ3n) is 4.94. The zero-order chi connectivity index (χ0) is 18.9. The van der Waals surface area contributed by atoms with Gasteiger partial charge in [-0.1, -0.05) is 60.2 Å². The summed E-state index contributed by atoms with van der Waals surface area (Å²) < 4.78 is 35.7. The third-order valence-corrected chi connectivity index (χ3v) is 6.24. The van der Waals surface area contributed by atoms with Gasteiger partial charge in [-0.3, -0.25) is 4.18 Å². The Morgan fingerprint density at radius 2 is 1.74 bits per heavy atom. The Hall–Kier alpha value is -2.21. The van der Waals surface area contributed by atoms with E-state index in [-0.39, 0.29) is 23.5 Å². The lowest BCUT2D eigenvalue weighted by molar-refractivity contribution is 0.214. The van der Waals surface area contributed by atoms with Gasteiger partial charge in [-0.2, -0.15) is 8.42 Å². The Bertz CT molecular complexity index is 1040. The fraction of sp³-hybridized carbons (Fsp3) is 0.273. The van der Waals surface area contributed by atoms with Gasteiger partial charge in [0.2, 0.25) is 0 Å². The highest BCUT2D eigenvalue weighted by molar-refractivity contribution is 7.86. The van der Waals surface area contributed by atoms with Gasteiger partial charge in [0.1, 0.15) is 0 Å². The Balaban J connectivity index is 1.47. The first-order valence-corrected chi connectivity index (χ1v) is 10.5. The summed E-state index contributed by atoms with van der Waals surface area (Å²) in [6.45, 7) is 2.70. The number of rotatable bonds is 7. The molecule has 5 heteroatoms. The molecule has 4 nitrogen and oxygen atoms in total. The number of epoxide rings is 1. The monoisotopic (exact) mass is 382 g/mol. The lowest BCUT2D eigenvalue weighted by Gasteiger charge is -2.15. The van der Waals surface area contributed by atoms with Crippen LogP contribution in [0.1, 0.15) is 11.1 Å². The second-order valence-corrected chi connectivity index (χ2v) is 8.68. The summed E-state index contributed by atoms with van der Waals surface area (Å²) >= 11 is 0. The van der Waals surface area contributed by atoms with Crippen molar-refractivity contribution in [3.05, 3.63) is 77.9 Å². The molecule has 0 unspecified atom stereocenters. The molecule has 1 saturated heterocycles. The Morgan fingerprint density at radius 3 is 2.44 bits per heavy atom. The van der Waals surface area contributed by atoms with Crippen LogP contribution >= 0.6 is 0 Å². The Morgan fingerprint density at radius 1 is 1.04 bits per heavy atom. The molecule has 140 valence electrons. The average Bonchev–Trinajstić information content (AvgIpc) is 3.50. The fourth-order valence-corrected chi connectivity index (χ4v) is 4.20. The molecular weight excluding hydrogens is 360 g/mol. The van der Waals surface area contributed by atoms with Crippen LogP contribution in [0.25, 0.3) is 10.8 Å². The molecule has 0 N–H and O–H groups in total. The molecule has 1 heterocycles. The van der Waals surface area contributed by atoms with Crippen molar-refractivity contribution < 1.29 is 17.3 Å². The number of hydrogen-bond donors (Lipinski definition) is 0. The largest absolute Gasteiger partial charge is 0.373 e. The highest BCUT2D eigenvalue weighted by Gasteiger charge is 2.34. The van der Waals surface area contributed by atoms with Crippen molar-refractivity contribution in [1.82, 2.24) is 0 Å². The molecule has 0 spiro atoms. The van der Waals surface area contributed by atoms with E-state index in [1.54, 1.807) is 24.3 Å². The number of ether oxygens (including phenoxy) is 1. The van der Waals surface area contributed by atoms with Gasteiger partial charge in [0, 0.05) is 5.92 Å². The summed E-state index contributed by atoms with van der Waals surface area (Å²) in [7, 11) is -3.76. The maximum Gasteiger partial charge on any atom is 0.296 e. The SMILES string of the molecule is Cc1ccc(S(=O)(=O)OC[C@H](Cc2ccc3ccccc3c2)[C@@H]2CO2)cc1. The van der Waals surface area contributed by atoms with Crippen molar-refractivity contribution in [2.75, 3.05) is 13.2 Å². The van der Waals surface area contributed by atoms with Gasteiger partial charge >= 0.3 is 0 Å². The van der Waals surface area contributed by atoms with Crippen molar-refractivity contribution in [2.24, 2.45) is 5.92 Å². The summed E-state index contributed by atoms with van der Waals surface area (Å²) in [5.74, 6) is 0.00591. The van der Waals surface area contributed by atoms with Crippen LogP contribution in [0.2, 0.25) is 0 Å². The molecule has 4 rings (SSSR count). The van der Waals surface area contributed by atoms with Crippen LogP contribution in [0.15, 0.2) is 71.6 Å². The van der Waals surface area contributed by atoms with Crippen LogP contribution in [0.5, 0.6) is 0 Å². The maximum absolute atomic E-state index is 12.5. The minimum absolute atomic E-state index is 0.00591. The van der Waals surface area contributed by atoms with E-state index in [4.69, 9.17) is 8.92 Å². The molecule has 2 atom stereocenters. The molecule has 0 amide bonds. The van der Waals surface area contributed by atoms with Crippen LogP contribution in [-0.4, -0.2) is 27.7 Å². The molecule has 1 aliphatic heterocycles. The number of aryl methyl sites for hydroxylation is 1. The minimum atomic E-state index is -3.76. The quantitative estimate of drug-likeness (QED) is 0.456. The van der Waals surface area contributed by atoms with Crippen molar-refractivity contribution >= 4 is 20.9 Å². The molecule has 3 aromatic carbocycles. The molecule has 0 aromatic heterocycles. The van der Waals surface area contributed by atoms with Crippen molar-refractivity contribution in [1.29, 1.82) is 0 Å². The summed E-state index contributed by atoms with van der Waals surface area (Å²) in [4.78, 5) is 0.189. The molecule has 1 fully saturated rings. The number of fused-ring (bicyclic) bond motifs is 1. The average molecular weight is 382 g/mol. The summed E-state index contributed by atoms with van der Waals surface area (Å²) in [5.41, 5.74) is 2.17. The van der Waals surface area contributed by atoms with Crippen molar-refractivity contribution in [3.63, 3.8) is 0 Å². The highest BCUT2D eigenvalue weighted by Crippen LogP contribution is 2.27.